The van der Waals surface area contributed by atoms with Crippen LogP contribution in [0.15, 0.2) is 54.7 Å². The molecule has 1 aromatic carbocycles. The van der Waals surface area contributed by atoms with Crippen molar-refractivity contribution in [2.75, 3.05) is 20.2 Å². The van der Waals surface area contributed by atoms with E-state index < -0.39 is 11.5 Å². The molecule has 0 amide bonds. The first-order chi connectivity index (χ1) is 12.6. The number of aromatic nitrogens is 1. The Morgan fingerprint density at radius 3 is 2.50 bits per heavy atom. The number of hydrogen-bond acceptors (Lipinski definition) is 5. The third kappa shape index (κ3) is 4.48. The molecule has 0 bridgehead atoms. The lowest BCUT2D eigenvalue weighted by molar-refractivity contribution is -0.160. The van der Waals surface area contributed by atoms with Gasteiger partial charge >= 0.3 is 5.97 Å². The van der Waals surface area contributed by atoms with Gasteiger partial charge in [0, 0.05) is 37.9 Å². The van der Waals surface area contributed by atoms with Gasteiger partial charge in [-0.1, -0.05) is 36.4 Å². The van der Waals surface area contributed by atoms with Crippen LogP contribution in [0.4, 0.5) is 0 Å². The van der Waals surface area contributed by atoms with Crippen LogP contribution in [0.25, 0.3) is 0 Å². The van der Waals surface area contributed by atoms with Crippen molar-refractivity contribution >= 4 is 5.97 Å². The van der Waals surface area contributed by atoms with E-state index >= 15 is 0 Å². The number of aliphatic hydroxyl groups is 1. The highest BCUT2D eigenvalue weighted by atomic mass is 16.5. The van der Waals surface area contributed by atoms with Gasteiger partial charge in [0.2, 0.25) is 0 Å². The van der Waals surface area contributed by atoms with Gasteiger partial charge in [0.25, 0.3) is 0 Å². The van der Waals surface area contributed by atoms with Crippen LogP contribution in [-0.2, 0) is 22.5 Å². The summed E-state index contributed by atoms with van der Waals surface area (Å²) in [6, 6.07) is 15.9. The molecule has 1 unspecified atom stereocenters. The van der Waals surface area contributed by atoms with Crippen LogP contribution < -0.4 is 0 Å². The second-order valence-electron chi connectivity index (χ2n) is 6.97. The highest BCUT2D eigenvalue weighted by Crippen LogP contribution is 2.33. The summed E-state index contributed by atoms with van der Waals surface area (Å²) in [7, 11) is 1.38. The number of nitrogens with zero attached hydrogens (tertiary/aromatic N) is 2. The average Bonchev–Trinajstić information content (AvgIpc) is 2.69. The maximum absolute atomic E-state index is 12.4. The number of esters is 1. The number of methoxy groups -OCH3 is 1. The molecule has 2 heterocycles. The zero-order valence-electron chi connectivity index (χ0n) is 15.2. The molecule has 5 heteroatoms. The highest BCUT2D eigenvalue weighted by molar-refractivity contribution is 5.74. The van der Waals surface area contributed by atoms with Gasteiger partial charge in [-0.3, -0.25) is 14.7 Å². The minimum Gasteiger partial charge on any atom is -0.469 e. The van der Waals surface area contributed by atoms with E-state index in [0.717, 1.165) is 25.3 Å². The van der Waals surface area contributed by atoms with Gasteiger partial charge < -0.3 is 9.84 Å². The summed E-state index contributed by atoms with van der Waals surface area (Å²) >= 11 is 0. The molecular formula is C21H26N2O3. The summed E-state index contributed by atoms with van der Waals surface area (Å²) in [5.74, 6) is -0.962. The quantitative estimate of drug-likeness (QED) is 0.808. The zero-order valence-corrected chi connectivity index (χ0v) is 15.2. The highest BCUT2D eigenvalue weighted by Gasteiger charge is 2.44. The van der Waals surface area contributed by atoms with Gasteiger partial charge in [0.1, 0.15) is 0 Å². The van der Waals surface area contributed by atoms with E-state index in [9.17, 15) is 9.90 Å². The largest absolute Gasteiger partial charge is 0.469 e. The second kappa shape index (κ2) is 8.43. The summed E-state index contributed by atoms with van der Waals surface area (Å²) in [6.07, 6.45) is 3.19. The van der Waals surface area contributed by atoms with Crippen LogP contribution in [0.5, 0.6) is 0 Å². The molecular weight excluding hydrogens is 328 g/mol. The molecule has 0 saturated carbocycles. The van der Waals surface area contributed by atoms with E-state index in [-0.39, 0.29) is 5.97 Å². The lowest BCUT2D eigenvalue weighted by Gasteiger charge is -2.41. The predicted molar refractivity (Wildman–Crippen MR) is 99.3 cm³/mol. The van der Waals surface area contributed by atoms with E-state index in [4.69, 9.17) is 4.74 Å². The minimum absolute atomic E-state index is 0.366. The molecule has 1 aromatic heterocycles. The smallest absolute Gasteiger partial charge is 0.311 e. The van der Waals surface area contributed by atoms with Crippen molar-refractivity contribution in [1.29, 1.82) is 0 Å². The Hall–Kier alpha value is -2.24. The first kappa shape index (κ1) is 18.5. The topological polar surface area (TPSA) is 62.7 Å². The van der Waals surface area contributed by atoms with Gasteiger partial charge in [-0.05, 0) is 30.5 Å². The monoisotopic (exact) mass is 354 g/mol. The Morgan fingerprint density at radius 2 is 1.88 bits per heavy atom. The van der Waals surface area contributed by atoms with Gasteiger partial charge in [0.05, 0.1) is 18.6 Å². The molecule has 1 aliphatic rings. The normalized spacial score (nSPS) is 18.2. The Labute approximate surface area is 154 Å². The van der Waals surface area contributed by atoms with Crippen molar-refractivity contribution in [3.63, 3.8) is 0 Å². The fraction of sp³-hybridized carbons (Fsp3) is 0.429. The molecule has 1 saturated heterocycles. The summed E-state index contributed by atoms with van der Waals surface area (Å²) < 4.78 is 4.99. The Balaban J connectivity index is 1.66. The van der Waals surface area contributed by atoms with Crippen molar-refractivity contribution in [2.45, 2.75) is 31.4 Å². The molecule has 1 aliphatic heterocycles. The molecule has 3 rings (SSSR count). The predicted octanol–water partition coefficient (Wildman–Crippen LogP) is 2.44. The number of piperidine rings is 1. The first-order valence-corrected chi connectivity index (χ1v) is 9.07. The molecule has 26 heavy (non-hydrogen) atoms. The molecule has 138 valence electrons. The first-order valence-electron chi connectivity index (χ1n) is 9.07. The van der Waals surface area contributed by atoms with Crippen molar-refractivity contribution in [1.82, 2.24) is 9.88 Å². The van der Waals surface area contributed by atoms with Crippen LogP contribution in [0.2, 0.25) is 0 Å². The van der Waals surface area contributed by atoms with Crippen LogP contribution in [-0.4, -0.2) is 46.8 Å². The Morgan fingerprint density at radius 1 is 1.19 bits per heavy atom. The lowest BCUT2D eigenvalue weighted by Crippen LogP contribution is -2.52. The van der Waals surface area contributed by atoms with Crippen LogP contribution in [0.3, 0.4) is 0 Å². The number of likely N-dealkylation sites (tertiary alicyclic amines) is 1. The van der Waals surface area contributed by atoms with Gasteiger partial charge in [-0.15, -0.1) is 0 Å². The Kier molecular flexibility index (Phi) is 6.01. The van der Waals surface area contributed by atoms with Crippen molar-refractivity contribution < 1.29 is 14.6 Å². The second-order valence-corrected chi connectivity index (χ2v) is 6.97. The molecule has 1 fully saturated rings. The van der Waals surface area contributed by atoms with Gasteiger partial charge in [-0.2, -0.15) is 0 Å². The van der Waals surface area contributed by atoms with E-state index in [1.807, 2.05) is 36.4 Å². The summed E-state index contributed by atoms with van der Waals surface area (Å²) in [4.78, 5) is 19.0. The van der Waals surface area contributed by atoms with E-state index in [1.54, 1.807) is 6.20 Å². The number of rotatable bonds is 6. The number of hydrogen-bond donors (Lipinski definition) is 1. The van der Waals surface area contributed by atoms with Crippen LogP contribution in [0, 0.1) is 5.92 Å². The maximum atomic E-state index is 12.4. The number of carbonyl (C=O) groups excluding carboxylic acids is 1. The summed E-state index contributed by atoms with van der Waals surface area (Å²) in [5, 5.41) is 11.2. The SMILES string of the molecule is COC(=O)C(Cc1ccccn1)C1(O)CCN(Cc2ccccc2)CC1. The van der Waals surface area contributed by atoms with Crippen molar-refractivity contribution in [3.05, 3.63) is 66.0 Å². The minimum atomic E-state index is -1.06. The lowest BCUT2D eigenvalue weighted by atomic mass is 9.77. The van der Waals surface area contributed by atoms with E-state index in [0.29, 0.717) is 19.3 Å². The maximum Gasteiger partial charge on any atom is 0.311 e. The van der Waals surface area contributed by atoms with Crippen LogP contribution in [0.1, 0.15) is 24.1 Å². The third-order valence-corrected chi connectivity index (χ3v) is 5.24. The van der Waals surface area contributed by atoms with Gasteiger partial charge in [-0.25, -0.2) is 0 Å². The van der Waals surface area contributed by atoms with Crippen molar-refractivity contribution in [3.8, 4) is 0 Å². The molecule has 2 aromatic rings. The number of ether oxygens (including phenoxy) is 1. The fourth-order valence-electron chi connectivity index (χ4n) is 3.65. The number of pyridine rings is 1. The Bertz CT molecular complexity index is 698. The number of carbonyl (C=O) groups is 1. The summed E-state index contributed by atoms with van der Waals surface area (Å²) in [6.45, 7) is 2.36. The molecule has 0 aliphatic carbocycles. The number of benzene rings is 1. The standard InChI is InChI=1S/C21H26N2O3/c1-26-20(24)19(15-18-9-5-6-12-22-18)21(25)10-13-23(14-11-21)16-17-7-3-2-4-8-17/h2-9,12,19,25H,10-11,13-16H2,1H3. The molecule has 0 radical (unpaired) electrons. The third-order valence-electron chi connectivity index (χ3n) is 5.24. The van der Waals surface area contributed by atoms with E-state index in [1.165, 1.54) is 12.7 Å². The molecule has 0 spiro atoms. The fourth-order valence-corrected chi connectivity index (χ4v) is 3.65. The zero-order chi connectivity index (χ0) is 18.4. The summed E-state index contributed by atoms with van der Waals surface area (Å²) in [5.41, 5.74) is 0.997. The van der Waals surface area contributed by atoms with Gasteiger partial charge in [0.15, 0.2) is 0 Å². The average molecular weight is 354 g/mol. The van der Waals surface area contributed by atoms with Crippen LogP contribution >= 0.6 is 0 Å². The van der Waals surface area contributed by atoms with Crippen molar-refractivity contribution in [2.24, 2.45) is 5.92 Å². The molecule has 1 N–H and O–H groups in total. The molecule has 5 nitrogen and oxygen atoms in total. The molecule has 1 atom stereocenters. The van der Waals surface area contributed by atoms with E-state index in [2.05, 4.69) is 22.0 Å².